The van der Waals surface area contributed by atoms with E-state index in [1.54, 1.807) is 48.4 Å². The Labute approximate surface area is 224 Å². The number of amides is 4. The van der Waals surface area contributed by atoms with Crippen LogP contribution in [0.3, 0.4) is 0 Å². The molecule has 1 saturated heterocycles. The summed E-state index contributed by atoms with van der Waals surface area (Å²) < 4.78 is 5.28. The fourth-order valence-corrected chi connectivity index (χ4v) is 5.32. The lowest BCUT2D eigenvalue weighted by Crippen LogP contribution is -2.60. The summed E-state index contributed by atoms with van der Waals surface area (Å²) in [7, 11) is 1.58. The van der Waals surface area contributed by atoms with Crippen molar-refractivity contribution in [2.45, 2.75) is 12.6 Å². The second-order valence-electron chi connectivity index (χ2n) is 9.75. The van der Waals surface area contributed by atoms with Crippen LogP contribution >= 0.6 is 0 Å². The molecule has 0 unspecified atom stereocenters. The number of rotatable bonds is 6. The molecule has 4 amide bonds. The summed E-state index contributed by atoms with van der Waals surface area (Å²) in [6.07, 6.45) is 0. The maximum Gasteiger partial charge on any atom is 0.270 e. The molecule has 3 aromatic carbocycles. The van der Waals surface area contributed by atoms with Crippen LogP contribution in [0.5, 0.6) is 5.75 Å². The third kappa shape index (κ3) is 4.41. The van der Waals surface area contributed by atoms with Crippen molar-refractivity contribution < 1.29 is 23.9 Å². The summed E-state index contributed by atoms with van der Waals surface area (Å²) in [5, 5.41) is 0.814. The number of aromatic amines is 1. The standard InChI is InChI=1S/C30H26N4O5/c1-39-22-11-12-25-20(13-22)14-26(31-25)30(38)32-16-21(33(27(35)18-32)15-19-7-3-2-4-8-19)17-34-28(36)23-9-5-6-10-24(23)29(34)37/h2-14,21,31H,15-18H2,1H3/t21-/m1/s1. The van der Waals surface area contributed by atoms with Crippen LogP contribution < -0.4 is 4.74 Å². The lowest BCUT2D eigenvalue weighted by atomic mass is 10.1. The molecular weight excluding hydrogens is 496 g/mol. The van der Waals surface area contributed by atoms with Gasteiger partial charge in [0.25, 0.3) is 17.7 Å². The van der Waals surface area contributed by atoms with Gasteiger partial charge in [-0.05, 0) is 42.0 Å². The number of hydrogen-bond donors (Lipinski definition) is 1. The topological polar surface area (TPSA) is 103 Å². The highest BCUT2D eigenvalue weighted by Crippen LogP contribution is 2.27. The molecular formula is C30H26N4O5. The van der Waals surface area contributed by atoms with Gasteiger partial charge in [0.1, 0.15) is 18.0 Å². The molecule has 2 aliphatic rings. The Kier molecular flexibility index (Phi) is 6.11. The SMILES string of the molecule is COc1ccc2[nH]c(C(=O)N3CC(=O)N(Cc4ccccc4)[C@@H](CN4C(=O)c5ccccc5C4=O)C3)cc2c1. The van der Waals surface area contributed by atoms with Gasteiger partial charge in [-0.15, -0.1) is 0 Å². The molecule has 0 radical (unpaired) electrons. The third-order valence-corrected chi connectivity index (χ3v) is 7.33. The first-order valence-corrected chi connectivity index (χ1v) is 12.7. The number of carbonyl (C=O) groups is 4. The Morgan fingerprint density at radius 2 is 1.62 bits per heavy atom. The van der Waals surface area contributed by atoms with Crippen LogP contribution in [0.15, 0.2) is 78.9 Å². The van der Waals surface area contributed by atoms with E-state index in [0.717, 1.165) is 16.5 Å². The number of aromatic nitrogens is 1. The van der Waals surface area contributed by atoms with Gasteiger partial charge in [-0.1, -0.05) is 42.5 Å². The predicted molar refractivity (Wildman–Crippen MR) is 143 cm³/mol. The van der Waals surface area contributed by atoms with Gasteiger partial charge in [0.2, 0.25) is 5.91 Å². The molecule has 9 heteroatoms. The Balaban J connectivity index is 1.29. The normalized spacial score (nSPS) is 17.2. The highest BCUT2D eigenvalue weighted by molar-refractivity contribution is 6.21. The lowest BCUT2D eigenvalue weighted by Gasteiger charge is -2.42. The Hall–Kier alpha value is -4.92. The van der Waals surface area contributed by atoms with Crippen molar-refractivity contribution in [1.82, 2.24) is 19.7 Å². The van der Waals surface area contributed by atoms with Gasteiger partial charge in [0.05, 0.1) is 30.8 Å². The lowest BCUT2D eigenvalue weighted by molar-refractivity contribution is -0.139. The molecule has 1 N–H and O–H groups in total. The zero-order valence-electron chi connectivity index (χ0n) is 21.3. The van der Waals surface area contributed by atoms with Crippen molar-refractivity contribution >= 4 is 34.5 Å². The molecule has 1 aromatic heterocycles. The van der Waals surface area contributed by atoms with Crippen LogP contribution in [0.4, 0.5) is 0 Å². The number of benzene rings is 3. The average molecular weight is 523 g/mol. The zero-order chi connectivity index (χ0) is 27.1. The second kappa shape index (κ2) is 9.75. The Morgan fingerprint density at radius 3 is 2.31 bits per heavy atom. The maximum atomic E-state index is 13.6. The minimum Gasteiger partial charge on any atom is -0.497 e. The Morgan fingerprint density at radius 1 is 0.923 bits per heavy atom. The summed E-state index contributed by atoms with van der Waals surface area (Å²) in [5.41, 5.74) is 2.74. The van der Waals surface area contributed by atoms with Crippen molar-refractivity contribution in [3.8, 4) is 5.75 Å². The molecule has 1 fully saturated rings. The third-order valence-electron chi connectivity index (χ3n) is 7.33. The van der Waals surface area contributed by atoms with E-state index in [-0.39, 0.29) is 31.4 Å². The molecule has 2 aliphatic heterocycles. The van der Waals surface area contributed by atoms with Gasteiger partial charge in [-0.25, -0.2) is 0 Å². The number of nitrogens with zero attached hydrogens (tertiary/aromatic N) is 3. The summed E-state index contributed by atoms with van der Waals surface area (Å²) in [4.78, 5) is 60.8. The molecule has 0 saturated carbocycles. The van der Waals surface area contributed by atoms with Crippen LogP contribution in [0.2, 0.25) is 0 Å². The van der Waals surface area contributed by atoms with E-state index in [9.17, 15) is 19.2 Å². The van der Waals surface area contributed by atoms with Gasteiger partial charge in [0.15, 0.2) is 0 Å². The molecule has 0 spiro atoms. The van der Waals surface area contributed by atoms with Crippen LogP contribution in [-0.2, 0) is 11.3 Å². The van der Waals surface area contributed by atoms with E-state index < -0.39 is 17.9 Å². The highest BCUT2D eigenvalue weighted by atomic mass is 16.5. The molecule has 3 heterocycles. The van der Waals surface area contributed by atoms with Gasteiger partial charge in [-0.2, -0.15) is 0 Å². The summed E-state index contributed by atoms with van der Waals surface area (Å²) >= 11 is 0. The molecule has 9 nitrogen and oxygen atoms in total. The number of fused-ring (bicyclic) bond motifs is 2. The number of H-pyrrole nitrogens is 1. The van der Waals surface area contributed by atoms with Crippen LogP contribution in [0.1, 0.15) is 36.8 Å². The van der Waals surface area contributed by atoms with Crippen molar-refractivity contribution in [3.05, 3.63) is 101 Å². The van der Waals surface area contributed by atoms with Gasteiger partial charge in [0, 0.05) is 24.0 Å². The summed E-state index contributed by atoms with van der Waals surface area (Å²) in [6, 6.07) is 22.8. The highest BCUT2D eigenvalue weighted by Gasteiger charge is 2.41. The number of piperazine rings is 1. The molecule has 196 valence electrons. The first-order chi connectivity index (χ1) is 18.9. The maximum absolute atomic E-state index is 13.6. The van der Waals surface area contributed by atoms with Crippen molar-refractivity contribution in [3.63, 3.8) is 0 Å². The van der Waals surface area contributed by atoms with Gasteiger partial charge < -0.3 is 19.5 Å². The fourth-order valence-electron chi connectivity index (χ4n) is 5.32. The number of ether oxygens (including phenoxy) is 1. The van der Waals surface area contributed by atoms with Crippen molar-refractivity contribution in [2.75, 3.05) is 26.7 Å². The number of hydrogen-bond acceptors (Lipinski definition) is 5. The monoisotopic (exact) mass is 522 g/mol. The van der Waals surface area contributed by atoms with E-state index in [2.05, 4.69) is 4.98 Å². The van der Waals surface area contributed by atoms with Crippen LogP contribution in [0.25, 0.3) is 10.9 Å². The quantitative estimate of drug-likeness (QED) is 0.392. The first-order valence-electron chi connectivity index (χ1n) is 12.7. The number of imide groups is 1. The van der Waals surface area contributed by atoms with Crippen molar-refractivity contribution in [2.24, 2.45) is 0 Å². The molecule has 39 heavy (non-hydrogen) atoms. The predicted octanol–water partition coefficient (Wildman–Crippen LogP) is 3.33. The fraction of sp³-hybridized carbons (Fsp3) is 0.200. The smallest absolute Gasteiger partial charge is 0.270 e. The molecule has 0 bridgehead atoms. The zero-order valence-corrected chi connectivity index (χ0v) is 21.3. The van der Waals surface area contributed by atoms with Crippen LogP contribution in [-0.4, -0.2) is 76.1 Å². The average Bonchev–Trinajstić information content (AvgIpc) is 3.49. The molecule has 1 atom stereocenters. The Bertz CT molecular complexity index is 1580. The number of carbonyl (C=O) groups excluding carboxylic acids is 4. The summed E-state index contributed by atoms with van der Waals surface area (Å²) in [6.45, 7) is 0.354. The van der Waals surface area contributed by atoms with E-state index >= 15 is 0 Å². The minimum absolute atomic E-state index is 0.0153. The van der Waals surface area contributed by atoms with E-state index in [1.807, 2.05) is 42.5 Å². The minimum atomic E-state index is -0.581. The van der Waals surface area contributed by atoms with Gasteiger partial charge >= 0.3 is 0 Å². The largest absolute Gasteiger partial charge is 0.497 e. The molecule has 6 rings (SSSR count). The summed E-state index contributed by atoms with van der Waals surface area (Å²) in [5.74, 6) is -0.694. The van der Waals surface area contributed by atoms with E-state index in [4.69, 9.17) is 4.74 Å². The van der Waals surface area contributed by atoms with Crippen LogP contribution in [0, 0.1) is 0 Å². The molecule has 0 aliphatic carbocycles. The van der Waals surface area contributed by atoms with E-state index in [0.29, 0.717) is 29.1 Å². The number of methoxy groups -OCH3 is 1. The van der Waals surface area contributed by atoms with E-state index in [1.165, 1.54) is 9.80 Å². The van der Waals surface area contributed by atoms with Gasteiger partial charge in [-0.3, -0.25) is 24.1 Å². The first kappa shape index (κ1) is 24.4. The molecule has 4 aromatic rings. The second-order valence-corrected chi connectivity index (χ2v) is 9.75. The van der Waals surface area contributed by atoms with Crippen molar-refractivity contribution in [1.29, 1.82) is 0 Å². The number of nitrogens with one attached hydrogen (secondary N) is 1.